The minimum Gasteiger partial charge on any atom is -0.368 e. The molecule has 1 aliphatic heterocycles. The predicted octanol–water partition coefficient (Wildman–Crippen LogP) is 2.12. The van der Waals surface area contributed by atoms with Gasteiger partial charge in [0.25, 0.3) is 0 Å². The monoisotopic (exact) mass is 311 g/mol. The zero-order valence-corrected chi connectivity index (χ0v) is 13.9. The largest absolute Gasteiger partial charge is 0.368 e. The molecule has 0 aromatic carbocycles. The van der Waals surface area contributed by atoms with Crippen molar-refractivity contribution >= 4 is 15.8 Å². The van der Waals surface area contributed by atoms with Gasteiger partial charge < -0.3 is 5.32 Å². The summed E-state index contributed by atoms with van der Waals surface area (Å²) in [6, 6.07) is 6.42. The number of piperidine rings is 1. The van der Waals surface area contributed by atoms with E-state index in [4.69, 9.17) is 0 Å². The van der Waals surface area contributed by atoms with Crippen LogP contribution in [0.15, 0.2) is 18.2 Å². The lowest BCUT2D eigenvalue weighted by Gasteiger charge is -2.30. The Bertz CT molecular complexity index is 564. The van der Waals surface area contributed by atoms with Crippen LogP contribution in [0.5, 0.6) is 0 Å². The summed E-state index contributed by atoms with van der Waals surface area (Å²) in [5.41, 5.74) is 1.08. The number of anilines is 1. The fraction of sp³-hybridized carbons (Fsp3) is 0.667. The minimum absolute atomic E-state index is 0.366. The summed E-state index contributed by atoms with van der Waals surface area (Å²) < 4.78 is 24.6. The highest BCUT2D eigenvalue weighted by Gasteiger charge is 2.25. The van der Waals surface area contributed by atoms with Crippen LogP contribution in [0.3, 0.4) is 0 Å². The van der Waals surface area contributed by atoms with Crippen molar-refractivity contribution in [3.63, 3.8) is 0 Å². The van der Waals surface area contributed by atoms with Crippen LogP contribution in [0.25, 0.3) is 0 Å². The van der Waals surface area contributed by atoms with Crippen LogP contribution < -0.4 is 5.32 Å². The first kappa shape index (κ1) is 16.2. The zero-order chi connectivity index (χ0) is 15.5. The van der Waals surface area contributed by atoms with Crippen LogP contribution in [-0.4, -0.2) is 43.1 Å². The third kappa shape index (κ3) is 4.97. The highest BCUT2D eigenvalue weighted by atomic mass is 32.2. The summed E-state index contributed by atoms with van der Waals surface area (Å²) in [6.07, 6.45) is 4.04. The molecule has 0 spiro atoms. The molecule has 0 amide bonds. The smallest absolute Gasteiger partial charge is 0.211 e. The van der Waals surface area contributed by atoms with Gasteiger partial charge in [0.05, 0.1) is 6.26 Å². The van der Waals surface area contributed by atoms with E-state index in [1.54, 1.807) is 4.31 Å². The second-order valence-electron chi connectivity index (χ2n) is 6.12. The van der Waals surface area contributed by atoms with Crippen LogP contribution in [0.4, 0.5) is 5.82 Å². The maximum atomic E-state index is 11.5. The maximum absolute atomic E-state index is 11.5. The third-order valence-corrected chi connectivity index (χ3v) is 5.09. The van der Waals surface area contributed by atoms with Crippen molar-refractivity contribution in [1.29, 1.82) is 0 Å². The second-order valence-corrected chi connectivity index (χ2v) is 8.11. The lowest BCUT2D eigenvalue weighted by molar-refractivity contribution is 0.273. The maximum Gasteiger partial charge on any atom is 0.211 e. The standard InChI is InChI=1S/C15H25N3O2S/c1-12(2)16-15-6-4-5-14(17-15)11-13-7-9-18(10-8-13)21(3,19)20/h4-6,12-13H,7-11H2,1-3H3,(H,16,17). The van der Waals surface area contributed by atoms with Crippen molar-refractivity contribution in [2.24, 2.45) is 5.92 Å². The van der Waals surface area contributed by atoms with Gasteiger partial charge in [-0.05, 0) is 51.2 Å². The first-order valence-corrected chi connectivity index (χ1v) is 9.37. The SMILES string of the molecule is CC(C)Nc1cccc(CC2CCN(S(C)(=O)=O)CC2)n1. The number of hydrogen-bond donors (Lipinski definition) is 1. The fourth-order valence-electron chi connectivity index (χ4n) is 2.71. The molecule has 1 fully saturated rings. The van der Waals surface area contributed by atoms with Crippen LogP contribution in [0.2, 0.25) is 0 Å². The molecule has 0 atom stereocenters. The molecule has 5 nitrogen and oxygen atoms in total. The Morgan fingerprint density at radius 2 is 2.00 bits per heavy atom. The average molecular weight is 311 g/mol. The van der Waals surface area contributed by atoms with Gasteiger partial charge in [0.2, 0.25) is 10.0 Å². The van der Waals surface area contributed by atoms with Gasteiger partial charge in [-0.3, -0.25) is 0 Å². The molecule has 1 aliphatic rings. The van der Waals surface area contributed by atoms with Gasteiger partial charge in [-0.15, -0.1) is 0 Å². The summed E-state index contributed by atoms with van der Waals surface area (Å²) in [6.45, 7) is 5.45. The molecule has 1 N–H and O–H groups in total. The van der Waals surface area contributed by atoms with Crippen molar-refractivity contribution in [1.82, 2.24) is 9.29 Å². The second kappa shape index (κ2) is 6.75. The van der Waals surface area contributed by atoms with E-state index in [-0.39, 0.29) is 0 Å². The van der Waals surface area contributed by atoms with E-state index >= 15 is 0 Å². The molecule has 0 saturated carbocycles. The molecular weight excluding hydrogens is 286 g/mol. The summed E-state index contributed by atoms with van der Waals surface area (Å²) in [5, 5.41) is 3.31. The molecule has 2 rings (SSSR count). The number of sulfonamides is 1. The van der Waals surface area contributed by atoms with Crippen LogP contribution >= 0.6 is 0 Å². The van der Waals surface area contributed by atoms with E-state index in [1.165, 1.54) is 6.26 Å². The van der Waals surface area contributed by atoms with Crippen LogP contribution in [0.1, 0.15) is 32.4 Å². The van der Waals surface area contributed by atoms with Gasteiger partial charge in [0.15, 0.2) is 0 Å². The third-order valence-electron chi connectivity index (χ3n) is 3.78. The van der Waals surface area contributed by atoms with Crippen LogP contribution in [-0.2, 0) is 16.4 Å². The highest BCUT2D eigenvalue weighted by molar-refractivity contribution is 7.88. The molecule has 1 aromatic heterocycles. The topological polar surface area (TPSA) is 62.3 Å². The average Bonchev–Trinajstić information content (AvgIpc) is 2.38. The van der Waals surface area contributed by atoms with E-state index in [0.29, 0.717) is 25.0 Å². The number of nitrogens with one attached hydrogen (secondary N) is 1. The number of pyridine rings is 1. The van der Waals surface area contributed by atoms with Gasteiger partial charge in [0.1, 0.15) is 5.82 Å². The predicted molar refractivity (Wildman–Crippen MR) is 85.8 cm³/mol. The molecule has 0 radical (unpaired) electrons. The molecule has 0 aliphatic carbocycles. The first-order valence-electron chi connectivity index (χ1n) is 7.52. The molecule has 21 heavy (non-hydrogen) atoms. The molecular formula is C15H25N3O2S. The van der Waals surface area contributed by atoms with E-state index in [9.17, 15) is 8.42 Å². The van der Waals surface area contributed by atoms with Crippen molar-refractivity contribution < 1.29 is 8.42 Å². The molecule has 1 saturated heterocycles. The molecule has 0 unspecified atom stereocenters. The fourth-order valence-corrected chi connectivity index (χ4v) is 3.58. The number of nitrogens with zero attached hydrogens (tertiary/aromatic N) is 2. The summed E-state index contributed by atoms with van der Waals surface area (Å²) in [4.78, 5) is 4.63. The van der Waals surface area contributed by atoms with Gasteiger partial charge in [-0.2, -0.15) is 0 Å². The Hall–Kier alpha value is -1.14. The van der Waals surface area contributed by atoms with E-state index in [2.05, 4.69) is 30.2 Å². The van der Waals surface area contributed by atoms with Crippen LogP contribution in [0, 0.1) is 5.92 Å². The van der Waals surface area contributed by atoms with Crippen molar-refractivity contribution in [3.05, 3.63) is 23.9 Å². The summed E-state index contributed by atoms with van der Waals surface area (Å²) in [5.74, 6) is 1.43. The van der Waals surface area contributed by atoms with Gasteiger partial charge in [-0.25, -0.2) is 17.7 Å². The number of rotatable bonds is 5. The van der Waals surface area contributed by atoms with Gasteiger partial charge in [0, 0.05) is 24.8 Å². The van der Waals surface area contributed by atoms with Gasteiger partial charge >= 0.3 is 0 Å². The Balaban J connectivity index is 1.91. The quantitative estimate of drug-likeness (QED) is 0.905. The van der Waals surface area contributed by atoms with E-state index in [0.717, 1.165) is 30.8 Å². The first-order chi connectivity index (χ1) is 9.84. The molecule has 1 aromatic rings. The number of hydrogen-bond acceptors (Lipinski definition) is 4. The Morgan fingerprint density at radius 3 is 2.57 bits per heavy atom. The lowest BCUT2D eigenvalue weighted by Crippen LogP contribution is -2.38. The van der Waals surface area contributed by atoms with Gasteiger partial charge in [-0.1, -0.05) is 6.07 Å². The summed E-state index contributed by atoms with van der Waals surface area (Å²) >= 11 is 0. The Labute approximate surface area is 127 Å². The Morgan fingerprint density at radius 1 is 1.33 bits per heavy atom. The zero-order valence-electron chi connectivity index (χ0n) is 13.0. The van der Waals surface area contributed by atoms with E-state index < -0.39 is 10.0 Å². The van der Waals surface area contributed by atoms with E-state index in [1.807, 2.05) is 12.1 Å². The Kier molecular flexibility index (Phi) is 5.22. The van der Waals surface area contributed by atoms with Crippen molar-refractivity contribution in [2.75, 3.05) is 24.7 Å². The summed E-state index contributed by atoms with van der Waals surface area (Å²) in [7, 11) is -3.03. The molecule has 118 valence electrons. The minimum atomic E-state index is -3.03. The lowest BCUT2D eigenvalue weighted by atomic mass is 9.93. The van der Waals surface area contributed by atoms with Crippen molar-refractivity contribution in [2.45, 2.75) is 39.2 Å². The highest BCUT2D eigenvalue weighted by Crippen LogP contribution is 2.22. The molecule has 0 bridgehead atoms. The van der Waals surface area contributed by atoms with Crippen molar-refractivity contribution in [3.8, 4) is 0 Å². The normalized spacial score (nSPS) is 18.1. The molecule has 6 heteroatoms. The number of aromatic nitrogens is 1. The molecule has 2 heterocycles.